The molecule has 3 heteroatoms. The van der Waals surface area contributed by atoms with Gasteiger partial charge in [0.2, 0.25) is 0 Å². The van der Waals surface area contributed by atoms with Crippen LogP contribution in [0.1, 0.15) is 12.8 Å². The lowest BCUT2D eigenvalue weighted by molar-refractivity contribution is 0.0731. The van der Waals surface area contributed by atoms with E-state index in [1.54, 1.807) is 0 Å². The van der Waals surface area contributed by atoms with Gasteiger partial charge in [0.15, 0.2) is 0 Å². The highest BCUT2D eigenvalue weighted by atomic mass is 16.4. The predicted octanol–water partition coefficient (Wildman–Crippen LogP) is 1.01. The molecule has 1 aliphatic carbocycles. The highest BCUT2D eigenvalue weighted by molar-refractivity contribution is 5.66. The van der Waals surface area contributed by atoms with Gasteiger partial charge in [-0.25, -0.2) is 4.79 Å². The first-order valence-electron chi connectivity index (χ1n) is 3.75. The maximum Gasteiger partial charge on any atom is 0.407 e. The van der Waals surface area contributed by atoms with E-state index >= 15 is 0 Å². The molecule has 0 unspecified atom stereocenters. The van der Waals surface area contributed by atoms with E-state index in [2.05, 4.69) is 0 Å². The van der Waals surface area contributed by atoms with Crippen LogP contribution < -0.4 is 0 Å². The number of amides is 1. The van der Waals surface area contributed by atoms with Gasteiger partial charge in [0.25, 0.3) is 0 Å². The van der Waals surface area contributed by atoms with Crippen LogP contribution >= 0.6 is 0 Å². The molecule has 1 heterocycles. The van der Waals surface area contributed by atoms with Gasteiger partial charge in [-0.1, -0.05) is 0 Å². The first-order valence-corrected chi connectivity index (χ1v) is 3.75. The van der Waals surface area contributed by atoms with E-state index in [-0.39, 0.29) is 0 Å². The second-order valence-electron chi connectivity index (χ2n) is 3.29. The molecule has 1 aliphatic heterocycles. The maximum atomic E-state index is 10.3. The van der Waals surface area contributed by atoms with Crippen molar-refractivity contribution in [3.8, 4) is 0 Å². The molecular weight excluding hydrogens is 130 g/mol. The SMILES string of the molecule is O=C(O)N1CC(C2CC2)C1. The monoisotopic (exact) mass is 141 g/mol. The summed E-state index contributed by atoms with van der Waals surface area (Å²) >= 11 is 0. The lowest BCUT2D eigenvalue weighted by Crippen LogP contribution is -2.50. The van der Waals surface area contributed by atoms with E-state index in [4.69, 9.17) is 5.11 Å². The van der Waals surface area contributed by atoms with Crippen molar-refractivity contribution in [2.75, 3.05) is 13.1 Å². The standard InChI is InChI=1S/C7H11NO2/c9-7(10)8-3-6(4-8)5-1-2-5/h5-6H,1-4H2,(H,9,10). The number of carbonyl (C=O) groups is 1. The summed E-state index contributed by atoms with van der Waals surface area (Å²) in [7, 11) is 0. The van der Waals surface area contributed by atoms with Gasteiger partial charge in [-0.05, 0) is 24.7 Å². The Hall–Kier alpha value is -0.730. The molecule has 0 atom stereocenters. The van der Waals surface area contributed by atoms with Crippen molar-refractivity contribution in [2.24, 2.45) is 11.8 Å². The van der Waals surface area contributed by atoms with Crippen LogP contribution in [-0.2, 0) is 0 Å². The van der Waals surface area contributed by atoms with Crippen LogP contribution in [0.3, 0.4) is 0 Å². The van der Waals surface area contributed by atoms with E-state index in [1.807, 2.05) is 0 Å². The summed E-state index contributed by atoms with van der Waals surface area (Å²) in [6.07, 6.45) is 1.91. The van der Waals surface area contributed by atoms with Crippen LogP contribution in [0.4, 0.5) is 4.79 Å². The predicted molar refractivity (Wildman–Crippen MR) is 35.8 cm³/mol. The Morgan fingerprint density at radius 1 is 1.30 bits per heavy atom. The van der Waals surface area contributed by atoms with Crippen LogP contribution in [-0.4, -0.2) is 29.2 Å². The van der Waals surface area contributed by atoms with Crippen molar-refractivity contribution in [3.05, 3.63) is 0 Å². The maximum absolute atomic E-state index is 10.3. The molecule has 56 valence electrons. The number of nitrogens with zero attached hydrogens (tertiary/aromatic N) is 1. The summed E-state index contributed by atoms with van der Waals surface area (Å²) in [5.74, 6) is 1.58. The molecule has 0 aromatic rings. The van der Waals surface area contributed by atoms with E-state index in [0.717, 1.165) is 19.0 Å². The third kappa shape index (κ3) is 0.856. The fourth-order valence-electron chi connectivity index (χ4n) is 1.53. The number of hydrogen-bond donors (Lipinski definition) is 1. The number of hydrogen-bond acceptors (Lipinski definition) is 1. The van der Waals surface area contributed by atoms with Crippen LogP contribution in [0.2, 0.25) is 0 Å². The first kappa shape index (κ1) is 6.01. The molecule has 2 rings (SSSR count). The summed E-state index contributed by atoms with van der Waals surface area (Å²) in [4.78, 5) is 11.8. The van der Waals surface area contributed by atoms with Gasteiger partial charge in [-0.2, -0.15) is 0 Å². The molecule has 0 aromatic carbocycles. The second-order valence-corrected chi connectivity index (χ2v) is 3.29. The molecule has 3 nitrogen and oxygen atoms in total. The summed E-state index contributed by atoms with van der Waals surface area (Å²) in [5.41, 5.74) is 0. The molecule has 1 N–H and O–H groups in total. The smallest absolute Gasteiger partial charge is 0.407 e. The Kier molecular flexibility index (Phi) is 1.13. The van der Waals surface area contributed by atoms with Gasteiger partial charge in [0, 0.05) is 13.1 Å². The van der Waals surface area contributed by atoms with Crippen molar-refractivity contribution in [1.29, 1.82) is 0 Å². The molecule has 0 aromatic heterocycles. The summed E-state index contributed by atoms with van der Waals surface area (Å²) < 4.78 is 0. The van der Waals surface area contributed by atoms with Crippen molar-refractivity contribution in [3.63, 3.8) is 0 Å². The van der Waals surface area contributed by atoms with Crippen molar-refractivity contribution in [1.82, 2.24) is 4.90 Å². The molecular formula is C7H11NO2. The molecule has 1 saturated carbocycles. The average Bonchev–Trinajstić information content (AvgIpc) is 2.42. The fraction of sp³-hybridized carbons (Fsp3) is 0.857. The molecule has 2 aliphatic rings. The second kappa shape index (κ2) is 1.87. The summed E-state index contributed by atoms with van der Waals surface area (Å²) in [6, 6.07) is 0. The largest absolute Gasteiger partial charge is 0.465 e. The minimum absolute atomic E-state index is 0.705. The van der Waals surface area contributed by atoms with Crippen LogP contribution in [0.25, 0.3) is 0 Å². The molecule has 0 spiro atoms. The molecule has 10 heavy (non-hydrogen) atoms. The minimum Gasteiger partial charge on any atom is -0.465 e. The van der Waals surface area contributed by atoms with Crippen molar-refractivity contribution < 1.29 is 9.90 Å². The minimum atomic E-state index is -0.753. The number of rotatable bonds is 1. The Morgan fingerprint density at radius 3 is 2.30 bits per heavy atom. The normalized spacial score (nSPS) is 26.2. The van der Waals surface area contributed by atoms with E-state index in [9.17, 15) is 4.79 Å². The Balaban J connectivity index is 1.77. The zero-order valence-electron chi connectivity index (χ0n) is 5.79. The Morgan fingerprint density at radius 2 is 1.90 bits per heavy atom. The lowest BCUT2D eigenvalue weighted by atomic mass is 9.95. The molecule has 2 fully saturated rings. The van der Waals surface area contributed by atoms with E-state index in [0.29, 0.717) is 5.92 Å². The van der Waals surface area contributed by atoms with Gasteiger partial charge < -0.3 is 10.0 Å². The summed E-state index contributed by atoms with van der Waals surface area (Å²) in [6.45, 7) is 1.58. The third-order valence-electron chi connectivity index (χ3n) is 2.47. The zero-order chi connectivity index (χ0) is 7.14. The van der Waals surface area contributed by atoms with Gasteiger partial charge in [0.05, 0.1) is 0 Å². The van der Waals surface area contributed by atoms with Crippen LogP contribution in [0.5, 0.6) is 0 Å². The highest BCUT2D eigenvalue weighted by Crippen LogP contribution is 2.41. The number of likely N-dealkylation sites (tertiary alicyclic amines) is 1. The molecule has 0 bridgehead atoms. The summed E-state index contributed by atoms with van der Waals surface area (Å²) in [5, 5.41) is 8.48. The fourth-order valence-corrected chi connectivity index (χ4v) is 1.53. The van der Waals surface area contributed by atoms with Crippen molar-refractivity contribution in [2.45, 2.75) is 12.8 Å². The molecule has 1 amide bonds. The van der Waals surface area contributed by atoms with Crippen molar-refractivity contribution >= 4 is 6.09 Å². The van der Waals surface area contributed by atoms with E-state index in [1.165, 1.54) is 17.7 Å². The third-order valence-corrected chi connectivity index (χ3v) is 2.47. The zero-order valence-corrected chi connectivity index (χ0v) is 5.79. The first-order chi connectivity index (χ1) is 4.77. The van der Waals surface area contributed by atoms with Gasteiger partial charge in [0.1, 0.15) is 0 Å². The molecule has 0 radical (unpaired) electrons. The van der Waals surface area contributed by atoms with Crippen LogP contribution in [0, 0.1) is 11.8 Å². The number of carboxylic acid groups (broad SMARTS) is 1. The Bertz CT molecular complexity index is 159. The topological polar surface area (TPSA) is 40.5 Å². The highest BCUT2D eigenvalue weighted by Gasteiger charge is 2.40. The van der Waals surface area contributed by atoms with Crippen LogP contribution in [0.15, 0.2) is 0 Å². The van der Waals surface area contributed by atoms with Gasteiger partial charge in [-0.15, -0.1) is 0 Å². The van der Waals surface area contributed by atoms with Gasteiger partial charge in [-0.3, -0.25) is 0 Å². The Labute approximate surface area is 59.6 Å². The quantitative estimate of drug-likeness (QED) is 0.592. The molecule has 1 saturated heterocycles. The lowest BCUT2D eigenvalue weighted by Gasteiger charge is -2.37. The van der Waals surface area contributed by atoms with E-state index < -0.39 is 6.09 Å². The average molecular weight is 141 g/mol. The van der Waals surface area contributed by atoms with Gasteiger partial charge >= 0.3 is 6.09 Å².